The minimum Gasteiger partial charge on any atom is -0.344 e. The summed E-state index contributed by atoms with van der Waals surface area (Å²) < 4.78 is 0. The second-order valence-electron chi connectivity index (χ2n) is 4.19. The van der Waals surface area contributed by atoms with E-state index in [9.17, 15) is 4.79 Å². The number of H-pyrrole nitrogens is 1. The minimum atomic E-state index is -0.116. The molecule has 2 aromatic rings. The van der Waals surface area contributed by atoms with Gasteiger partial charge in [0.1, 0.15) is 5.69 Å². The maximum Gasteiger partial charge on any atom is 0.269 e. The molecule has 0 radical (unpaired) electrons. The van der Waals surface area contributed by atoms with E-state index in [0.717, 1.165) is 18.4 Å². The highest BCUT2D eigenvalue weighted by molar-refractivity contribution is 5.92. The SMILES string of the molecule is CCCC(NC(=O)c1cnc[nH]1)c1ccccc1. The van der Waals surface area contributed by atoms with Crippen LogP contribution >= 0.6 is 0 Å². The van der Waals surface area contributed by atoms with Crippen molar-refractivity contribution < 1.29 is 4.79 Å². The summed E-state index contributed by atoms with van der Waals surface area (Å²) in [6.45, 7) is 2.11. The third-order valence-electron chi connectivity index (χ3n) is 2.83. The fourth-order valence-electron chi connectivity index (χ4n) is 1.91. The van der Waals surface area contributed by atoms with Gasteiger partial charge in [-0.3, -0.25) is 4.79 Å². The molecule has 0 saturated heterocycles. The summed E-state index contributed by atoms with van der Waals surface area (Å²) in [4.78, 5) is 18.6. The van der Waals surface area contributed by atoms with E-state index < -0.39 is 0 Å². The van der Waals surface area contributed by atoms with Gasteiger partial charge in [-0.25, -0.2) is 4.98 Å². The monoisotopic (exact) mass is 243 g/mol. The Hall–Kier alpha value is -2.10. The van der Waals surface area contributed by atoms with E-state index in [1.807, 2.05) is 30.3 Å². The fraction of sp³-hybridized carbons (Fsp3) is 0.286. The molecule has 0 aliphatic heterocycles. The second-order valence-corrected chi connectivity index (χ2v) is 4.19. The van der Waals surface area contributed by atoms with Crippen LogP contribution in [0, 0.1) is 0 Å². The Morgan fingerprint density at radius 3 is 2.78 bits per heavy atom. The number of hydrogen-bond acceptors (Lipinski definition) is 2. The van der Waals surface area contributed by atoms with E-state index in [1.54, 1.807) is 0 Å². The van der Waals surface area contributed by atoms with E-state index in [0.29, 0.717) is 5.69 Å². The number of aromatic nitrogens is 2. The molecule has 1 aromatic carbocycles. The molecule has 0 spiro atoms. The molecule has 18 heavy (non-hydrogen) atoms. The van der Waals surface area contributed by atoms with Crippen LogP contribution in [0.15, 0.2) is 42.9 Å². The van der Waals surface area contributed by atoms with Crippen LogP contribution in [-0.4, -0.2) is 15.9 Å². The van der Waals surface area contributed by atoms with Crippen molar-refractivity contribution >= 4 is 5.91 Å². The van der Waals surface area contributed by atoms with E-state index >= 15 is 0 Å². The van der Waals surface area contributed by atoms with E-state index in [1.165, 1.54) is 12.5 Å². The molecule has 1 aromatic heterocycles. The Balaban J connectivity index is 2.10. The third-order valence-corrected chi connectivity index (χ3v) is 2.83. The summed E-state index contributed by atoms with van der Waals surface area (Å²) in [5.74, 6) is -0.116. The Morgan fingerprint density at radius 2 is 2.17 bits per heavy atom. The Morgan fingerprint density at radius 1 is 1.39 bits per heavy atom. The van der Waals surface area contributed by atoms with Crippen LogP contribution in [0.2, 0.25) is 0 Å². The van der Waals surface area contributed by atoms with Gasteiger partial charge in [0, 0.05) is 0 Å². The quantitative estimate of drug-likeness (QED) is 0.848. The lowest BCUT2D eigenvalue weighted by atomic mass is 10.0. The van der Waals surface area contributed by atoms with Gasteiger partial charge in [-0.1, -0.05) is 43.7 Å². The third kappa shape index (κ3) is 2.97. The van der Waals surface area contributed by atoms with Crippen molar-refractivity contribution in [1.82, 2.24) is 15.3 Å². The van der Waals surface area contributed by atoms with Gasteiger partial charge in [0.05, 0.1) is 18.6 Å². The molecule has 0 aliphatic rings. The van der Waals surface area contributed by atoms with Gasteiger partial charge < -0.3 is 10.3 Å². The Labute approximate surface area is 106 Å². The number of hydrogen-bond donors (Lipinski definition) is 2. The van der Waals surface area contributed by atoms with Crippen molar-refractivity contribution in [2.75, 3.05) is 0 Å². The number of rotatable bonds is 5. The Bertz CT molecular complexity index is 479. The largest absolute Gasteiger partial charge is 0.344 e. The number of amides is 1. The van der Waals surface area contributed by atoms with Crippen LogP contribution in [0.3, 0.4) is 0 Å². The molecule has 0 fully saturated rings. The minimum absolute atomic E-state index is 0.0481. The first-order valence-corrected chi connectivity index (χ1v) is 6.15. The summed E-state index contributed by atoms with van der Waals surface area (Å²) in [5, 5.41) is 3.03. The van der Waals surface area contributed by atoms with Crippen molar-refractivity contribution in [2.45, 2.75) is 25.8 Å². The summed E-state index contributed by atoms with van der Waals surface area (Å²) in [7, 11) is 0. The zero-order valence-corrected chi connectivity index (χ0v) is 10.4. The lowest BCUT2D eigenvalue weighted by molar-refractivity contribution is 0.0930. The molecule has 4 nitrogen and oxygen atoms in total. The maximum absolute atomic E-state index is 12.0. The van der Waals surface area contributed by atoms with Gasteiger partial charge in [0.25, 0.3) is 5.91 Å². The van der Waals surface area contributed by atoms with Crippen LogP contribution in [0.4, 0.5) is 0 Å². The molecular weight excluding hydrogens is 226 g/mol. The molecule has 2 rings (SSSR count). The molecule has 0 aliphatic carbocycles. The Kier molecular flexibility index (Phi) is 4.12. The average molecular weight is 243 g/mol. The van der Waals surface area contributed by atoms with Crippen molar-refractivity contribution in [1.29, 1.82) is 0 Å². The topological polar surface area (TPSA) is 57.8 Å². The zero-order valence-electron chi connectivity index (χ0n) is 10.4. The van der Waals surface area contributed by atoms with E-state index in [-0.39, 0.29) is 11.9 Å². The maximum atomic E-state index is 12.0. The first kappa shape index (κ1) is 12.4. The molecule has 1 unspecified atom stereocenters. The van der Waals surface area contributed by atoms with Gasteiger partial charge in [-0.15, -0.1) is 0 Å². The fourth-order valence-corrected chi connectivity index (χ4v) is 1.91. The molecule has 1 amide bonds. The molecule has 94 valence electrons. The van der Waals surface area contributed by atoms with Crippen LogP contribution in [0.5, 0.6) is 0 Å². The van der Waals surface area contributed by atoms with Crippen LogP contribution in [-0.2, 0) is 0 Å². The number of nitrogens with one attached hydrogen (secondary N) is 2. The summed E-state index contributed by atoms with van der Waals surface area (Å²) in [5.41, 5.74) is 1.62. The first-order chi connectivity index (χ1) is 8.81. The predicted molar refractivity (Wildman–Crippen MR) is 70.1 cm³/mol. The lowest BCUT2D eigenvalue weighted by Gasteiger charge is -2.18. The molecule has 4 heteroatoms. The first-order valence-electron chi connectivity index (χ1n) is 6.15. The van der Waals surface area contributed by atoms with Crippen molar-refractivity contribution in [3.63, 3.8) is 0 Å². The number of benzene rings is 1. The van der Waals surface area contributed by atoms with Gasteiger partial charge in [-0.05, 0) is 12.0 Å². The molecule has 0 bridgehead atoms. The van der Waals surface area contributed by atoms with Gasteiger partial charge in [0.2, 0.25) is 0 Å². The highest BCUT2D eigenvalue weighted by atomic mass is 16.1. The number of imidazole rings is 1. The highest BCUT2D eigenvalue weighted by Crippen LogP contribution is 2.18. The normalized spacial score (nSPS) is 12.1. The molecule has 2 N–H and O–H groups in total. The number of aromatic amines is 1. The van der Waals surface area contributed by atoms with Gasteiger partial charge >= 0.3 is 0 Å². The van der Waals surface area contributed by atoms with Crippen LogP contribution < -0.4 is 5.32 Å². The molecule has 1 heterocycles. The summed E-state index contributed by atoms with van der Waals surface area (Å²) in [6.07, 6.45) is 4.97. The molecule has 0 saturated carbocycles. The van der Waals surface area contributed by atoms with Crippen LogP contribution in [0.25, 0.3) is 0 Å². The standard InChI is InChI=1S/C14H17N3O/c1-2-6-12(11-7-4-3-5-8-11)17-14(18)13-9-15-10-16-13/h3-5,7-10,12H,2,6H2,1H3,(H,15,16)(H,17,18). The molecular formula is C14H17N3O. The summed E-state index contributed by atoms with van der Waals surface area (Å²) in [6, 6.07) is 10.1. The van der Waals surface area contributed by atoms with Crippen molar-refractivity contribution in [3.8, 4) is 0 Å². The zero-order chi connectivity index (χ0) is 12.8. The van der Waals surface area contributed by atoms with E-state index in [2.05, 4.69) is 22.2 Å². The average Bonchev–Trinajstić information content (AvgIpc) is 2.93. The van der Waals surface area contributed by atoms with Crippen molar-refractivity contribution in [3.05, 3.63) is 54.1 Å². The summed E-state index contributed by atoms with van der Waals surface area (Å²) >= 11 is 0. The molecule has 1 atom stereocenters. The number of carbonyl (C=O) groups is 1. The van der Waals surface area contributed by atoms with Gasteiger partial charge in [0.15, 0.2) is 0 Å². The van der Waals surface area contributed by atoms with Gasteiger partial charge in [-0.2, -0.15) is 0 Å². The number of nitrogens with zero attached hydrogens (tertiary/aromatic N) is 1. The smallest absolute Gasteiger partial charge is 0.269 e. The predicted octanol–water partition coefficient (Wildman–Crippen LogP) is 2.68. The van der Waals surface area contributed by atoms with Crippen LogP contribution in [0.1, 0.15) is 41.9 Å². The van der Waals surface area contributed by atoms with E-state index in [4.69, 9.17) is 0 Å². The highest BCUT2D eigenvalue weighted by Gasteiger charge is 2.15. The second kappa shape index (κ2) is 6.00. The van der Waals surface area contributed by atoms with Crippen molar-refractivity contribution in [2.24, 2.45) is 0 Å². The number of carbonyl (C=O) groups excluding carboxylic acids is 1. The lowest BCUT2D eigenvalue weighted by Crippen LogP contribution is -2.28.